The lowest BCUT2D eigenvalue weighted by atomic mass is 10.00. The highest BCUT2D eigenvalue weighted by Gasteiger charge is 2.36. The van der Waals surface area contributed by atoms with E-state index in [2.05, 4.69) is 32.7 Å². The van der Waals surface area contributed by atoms with Crippen LogP contribution in [0.3, 0.4) is 0 Å². The number of carboxylic acid groups (broad SMARTS) is 4. The lowest BCUT2D eigenvalue weighted by Gasteiger charge is -2.34. The normalized spacial score (nSPS) is 14.7. The van der Waals surface area contributed by atoms with Crippen LogP contribution in [-0.4, -0.2) is 55.7 Å². The molecule has 0 saturated heterocycles. The molecular formula is C28H21BrN4O8. The zero-order valence-corrected chi connectivity index (χ0v) is 22.6. The van der Waals surface area contributed by atoms with Crippen LogP contribution in [0.15, 0.2) is 94.4 Å². The Morgan fingerprint density at radius 2 is 1.37 bits per heavy atom. The maximum absolute atomic E-state index is 12.1. The minimum absolute atomic E-state index is 0.0442. The first-order valence-corrected chi connectivity index (χ1v) is 12.6. The molecule has 0 bridgehead atoms. The van der Waals surface area contributed by atoms with E-state index in [1.807, 2.05) is 9.80 Å². The minimum Gasteiger partial charge on any atom is -0.478 e. The van der Waals surface area contributed by atoms with Gasteiger partial charge in [0.1, 0.15) is 10.8 Å². The molecule has 41 heavy (non-hydrogen) atoms. The van der Waals surface area contributed by atoms with Gasteiger partial charge in [-0.3, -0.25) is 0 Å². The molecule has 0 saturated carbocycles. The monoisotopic (exact) mass is 620 g/mol. The van der Waals surface area contributed by atoms with Crippen LogP contribution < -0.4 is 4.90 Å². The Balaban J connectivity index is 1.69. The Labute approximate surface area is 240 Å². The van der Waals surface area contributed by atoms with Crippen molar-refractivity contribution < 1.29 is 39.6 Å². The molecular weight excluding hydrogens is 600 g/mol. The summed E-state index contributed by atoms with van der Waals surface area (Å²) in [6, 6.07) is 14.0. The number of nitrogens with zero attached hydrogens (tertiary/aromatic N) is 4. The molecule has 3 aromatic carbocycles. The van der Waals surface area contributed by atoms with Gasteiger partial charge in [0, 0.05) is 24.0 Å². The summed E-state index contributed by atoms with van der Waals surface area (Å²) in [5.74, 6) is -5.13. The first-order chi connectivity index (χ1) is 19.5. The van der Waals surface area contributed by atoms with Gasteiger partial charge in [0.25, 0.3) is 0 Å². The number of carboxylic acids is 4. The number of hydrogen-bond donors (Lipinski definition) is 4. The lowest BCUT2D eigenvalue weighted by molar-refractivity contribution is 0.0675. The van der Waals surface area contributed by atoms with E-state index in [1.165, 1.54) is 24.3 Å². The van der Waals surface area contributed by atoms with Gasteiger partial charge >= 0.3 is 23.9 Å². The molecule has 208 valence electrons. The van der Waals surface area contributed by atoms with Gasteiger partial charge in [-0.15, -0.1) is 6.58 Å². The fraction of sp³-hybridized carbons (Fsp3) is 0.0714. The minimum atomic E-state index is -1.30. The van der Waals surface area contributed by atoms with Crippen molar-refractivity contribution in [3.63, 3.8) is 0 Å². The summed E-state index contributed by atoms with van der Waals surface area (Å²) in [5.41, 5.74) is 0.593. The molecule has 0 amide bonds. The molecule has 0 fully saturated rings. The second-order valence-electron chi connectivity index (χ2n) is 8.69. The highest BCUT2D eigenvalue weighted by molar-refractivity contribution is 9.11. The lowest BCUT2D eigenvalue weighted by Crippen LogP contribution is -2.33. The third-order valence-electron chi connectivity index (χ3n) is 6.03. The molecule has 1 aliphatic heterocycles. The topological polar surface area (TPSA) is 180 Å². The van der Waals surface area contributed by atoms with Gasteiger partial charge in [0.05, 0.1) is 33.6 Å². The Morgan fingerprint density at radius 1 is 0.780 bits per heavy atom. The second-order valence-corrected chi connectivity index (χ2v) is 9.50. The fourth-order valence-electron chi connectivity index (χ4n) is 4.23. The van der Waals surface area contributed by atoms with E-state index >= 15 is 0 Å². The maximum Gasteiger partial charge on any atom is 0.336 e. The molecule has 4 rings (SSSR count). The summed E-state index contributed by atoms with van der Waals surface area (Å²) >= 11 is 3.54. The standard InChI is InChI=1S/C28H21BrN4O8/c1-2-9-32-14-23(29)33(24(32)21-8-3-15(25(34)35)13-22(21)28(40)41)20-6-4-18(5-7-20)30-31-19-11-16(26(36)37)10-17(12-19)27(38)39/h2-8,10-14,24H,1,9H2,(H,34,35)(H,36,37)(H,38,39)(H,40,41). The second kappa shape index (κ2) is 11.8. The number of aromatic carboxylic acids is 4. The smallest absolute Gasteiger partial charge is 0.336 e. The van der Waals surface area contributed by atoms with Gasteiger partial charge in [-0.2, -0.15) is 10.2 Å². The van der Waals surface area contributed by atoms with Gasteiger partial charge in [-0.05, 0) is 70.5 Å². The average molecular weight is 621 g/mol. The van der Waals surface area contributed by atoms with Crippen molar-refractivity contribution in [2.75, 3.05) is 11.4 Å². The predicted molar refractivity (Wildman–Crippen MR) is 150 cm³/mol. The van der Waals surface area contributed by atoms with Crippen LogP contribution in [0.4, 0.5) is 17.1 Å². The van der Waals surface area contributed by atoms with Crippen molar-refractivity contribution in [1.82, 2.24) is 4.90 Å². The molecule has 0 spiro atoms. The van der Waals surface area contributed by atoms with Gasteiger partial charge < -0.3 is 30.2 Å². The first kappa shape index (κ1) is 28.7. The van der Waals surface area contributed by atoms with Crippen LogP contribution in [0, 0.1) is 0 Å². The number of anilines is 1. The number of benzene rings is 3. The van der Waals surface area contributed by atoms with Crippen molar-refractivity contribution >= 4 is 56.9 Å². The Morgan fingerprint density at radius 3 is 1.90 bits per heavy atom. The van der Waals surface area contributed by atoms with Crippen LogP contribution >= 0.6 is 15.9 Å². The van der Waals surface area contributed by atoms with Crippen LogP contribution in [0.5, 0.6) is 0 Å². The Bertz CT molecular complexity index is 1600. The zero-order valence-electron chi connectivity index (χ0n) is 21.0. The number of hydrogen-bond acceptors (Lipinski definition) is 8. The van der Waals surface area contributed by atoms with Gasteiger partial charge in [0.2, 0.25) is 0 Å². The van der Waals surface area contributed by atoms with Gasteiger partial charge in [0.15, 0.2) is 0 Å². The van der Waals surface area contributed by atoms with E-state index in [0.29, 0.717) is 28.1 Å². The molecule has 1 aliphatic rings. The van der Waals surface area contributed by atoms with Crippen molar-refractivity contribution in [3.05, 3.63) is 112 Å². The quantitative estimate of drug-likeness (QED) is 0.117. The van der Waals surface area contributed by atoms with E-state index in [4.69, 9.17) is 0 Å². The summed E-state index contributed by atoms with van der Waals surface area (Å²) in [6.07, 6.45) is 2.75. The number of azo groups is 1. The summed E-state index contributed by atoms with van der Waals surface area (Å²) in [4.78, 5) is 49.9. The van der Waals surface area contributed by atoms with E-state index in [-0.39, 0.29) is 27.9 Å². The van der Waals surface area contributed by atoms with Gasteiger partial charge in [-0.25, -0.2) is 19.2 Å². The molecule has 1 atom stereocenters. The van der Waals surface area contributed by atoms with E-state index in [0.717, 1.165) is 12.1 Å². The third kappa shape index (κ3) is 6.15. The molecule has 13 heteroatoms. The molecule has 0 aromatic heterocycles. The van der Waals surface area contributed by atoms with Crippen molar-refractivity contribution in [2.45, 2.75) is 6.17 Å². The van der Waals surface area contributed by atoms with Crippen molar-refractivity contribution in [2.24, 2.45) is 10.2 Å². The Kier molecular flexibility index (Phi) is 8.29. The van der Waals surface area contributed by atoms with Crippen LogP contribution in [0.25, 0.3) is 0 Å². The number of halogens is 1. The van der Waals surface area contributed by atoms with Gasteiger partial charge in [-0.1, -0.05) is 12.1 Å². The predicted octanol–water partition coefficient (Wildman–Crippen LogP) is 6.10. The molecule has 3 aromatic rings. The summed E-state index contributed by atoms with van der Waals surface area (Å²) in [6.45, 7) is 4.13. The van der Waals surface area contributed by atoms with Crippen LogP contribution in [0.1, 0.15) is 53.2 Å². The van der Waals surface area contributed by atoms with Crippen LogP contribution in [0.2, 0.25) is 0 Å². The SMILES string of the molecule is C=CCN1C=C(Br)N(c2ccc(N=Nc3cc(C(=O)O)cc(C(=O)O)c3)cc2)C1c1ccc(C(=O)O)cc1C(=O)O. The molecule has 0 radical (unpaired) electrons. The molecule has 0 aliphatic carbocycles. The number of rotatable bonds is 10. The fourth-order valence-corrected chi connectivity index (χ4v) is 4.89. The van der Waals surface area contributed by atoms with Crippen LogP contribution in [-0.2, 0) is 0 Å². The van der Waals surface area contributed by atoms with E-state index in [9.17, 15) is 39.6 Å². The van der Waals surface area contributed by atoms with Crippen molar-refractivity contribution in [1.29, 1.82) is 0 Å². The highest BCUT2D eigenvalue weighted by atomic mass is 79.9. The highest BCUT2D eigenvalue weighted by Crippen LogP contribution is 2.43. The molecule has 1 unspecified atom stereocenters. The van der Waals surface area contributed by atoms with E-state index in [1.54, 1.807) is 36.5 Å². The zero-order chi connectivity index (χ0) is 29.8. The van der Waals surface area contributed by atoms with Crippen molar-refractivity contribution in [3.8, 4) is 0 Å². The largest absolute Gasteiger partial charge is 0.478 e. The summed E-state index contributed by atoms with van der Waals surface area (Å²) in [7, 11) is 0. The maximum atomic E-state index is 12.1. The van der Waals surface area contributed by atoms with E-state index < -0.39 is 30.0 Å². The average Bonchev–Trinajstić information content (AvgIpc) is 3.26. The third-order valence-corrected chi connectivity index (χ3v) is 6.62. The number of carbonyl (C=O) groups is 4. The Hall–Kier alpha value is -5.30. The molecule has 1 heterocycles. The summed E-state index contributed by atoms with van der Waals surface area (Å²) < 4.78 is 0.601. The molecule has 4 N–H and O–H groups in total. The summed E-state index contributed by atoms with van der Waals surface area (Å²) in [5, 5.41) is 45.8. The molecule has 12 nitrogen and oxygen atoms in total. The first-order valence-electron chi connectivity index (χ1n) is 11.8.